The molecule has 0 atom stereocenters. The third-order valence-electron chi connectivity index (χ3n) is 3.42. The number of aromatic nitrogens is 2. The Labute approximate surface area is 96.8 Å². The highest BCUT2D eigenvalue weighted by Crippen LogP contribution is 2.30. The molecule has 1 fully saturated rings. The van der Waals surface area contributed by atoms with Crippen LogP contribution in [0.3, 0.4) is 0 Å². The Bertz CT molecular complexity index is 362. The van der Waals surface area contributed by atoms with Crippen molar-refractivity contribution in [3.8, 4) is 0 Å². The third-order valence-corrected chi connectivity index (χ3v) is 3.42. The lowest BCUT2D eigenvalue weighted by atomic mass is 9.95. The maximum absolute atomic E-state index is 10.8. The SMILES string of the molecule is CC(C)c1cc(C=O)nn1C1CCCCC1. The quantitative estimate of drug-likeness (QED) is 0.732. The Morgan fingerprint density at radius 2 is 2.06 bits per heavy atom. The summed E-state index contributed by atoms with van der Waals surface area (Å²) in [6.45, 7) is 4.32. The molecule has 0 radical (unpaired) electrons. The van der Waals surface area contributed by atoms with Gasteiger partial charge in [0.05, 0.1) is 6.04 Å². The smallest absolute Gasteiger partial charge is 0.170 e. The monoisotopic (exact) mass is 220 g/mol. The fourth-order valence-electron chi connectivity index (χ4n) is 2.54. The van der Waals surface area contributed by atoms with E-state index in [0.717, 1.165) is 6.29 Å². The third kappa shape index (κ3) is 2.18. The normalized spacial score (nSPS) is 17.9. The fraction of sp³-hybridized carbons (Fsp3) is 0.692. The molecule has 0 saturated heterocycles. The molecule has 3 heteroatoms. The van der Waals surface area contributed by atoms with Gasteiger partial charge < -0.3 is 0 Å². The number of aldehydes is 1. The van der Waals surface area contributed by atoms with Crippen LogP contribution in [-0.2, 0) is 0 Å². The van der Waals surface area contributed by atoms with E-state index in [2.05, 4.69) is 23.6 Å². The first-order chi connectivity index (χ1) is 7.72. The zero-order chi connectivity index (χ0) is 11.5. The minimum Gasteiger partial charge on any atom is -0.296 e. The largest absolute Gasteiger partial charge is 0.296 e. The lowest BCUT2D eigenvalue weighted by molar-refractivity contribution is 0.111. The molecule has 1 saturated carbocycles. The highest BCUT2D eigenvalue weighted by molar-refractivity contribution is 5.71. The summed E-state index contributed by atoms with van der Waals surface area (Å²) in [5, 5.41) is 4.42. The van der Waals surface area contributed by atoms with Crippen molar-refractivity contribution in [2.24, 2.45) is 0 Å². The number of hydrogen-bond acceptors (Lipinski definition) is 2. The maximum Gasteiger partial charge on any atom is 0.170 e. The first-order valence-electron chi connectivity index (χ1n) is 6.27. The average Bonchev–Trinajstić information content (AvgIpc) is 2.74. The van der Waals surface area contributed by atoms with Crippen molar-refractivity contribution in [3.63, 3.8) is 0 Å². The number of nitrogens with zero attached hydrogens (tertiary/aromatic N) is 2. The van der Waals surface area contributed by atoms with E-state index in [0.29, 0.717) is 17.7 Å². The molecule has 0 aromatic carbocycles. The molecule has 3 nitrogen and oxygen atoms in total. The zero-order valence-electron chi connectivity index (χ0n) is 10.1. The van der Waals surface area contributed by atoms with Crippen LogP contribution >= 0.6 is 0 Å². The number of rotatable bonds is 3. The predicted octanol–water partition coefficient (Wildman–Crippen LogP) is 3.32. The van der Waals surface area contributed by atoms with Crippen molar-refractivity contribution in [2.45, 2.75) is 57.9 Å². The highest BCUT2D eigenvalue weighted by atomic mass is 16.1. The van der Waals surface area contributed by atoms with Crippen LogP contribution in [0.15, 0.2) is 6.07 Å². The van der Waals surface area contributed by atoms with E-state index in [1.165, 1.54) is 37.8 Å². The summed E-state index contributed by atoms with van der Waals surface area (Å²) < 4.78 is 2.10. The van der Waals surface area contributed by atoms with Gasteiger partial charge in [-0.25, -0.2) is 0 Å². The summed E-state index contributed by atoms with van der Waals surface area (Å²) in [5.41, 5.74) is 1.78. The fourth-order valence-corrected chi connectivity index (χ4v) is 2.54. The summed E-state index contributed by atoms with van der Waals surface area (Å²) in [7, 11) is 0. The first-order valence-corrected chi connectivity index (χ1v) is 6.27. The zero-order valence-corrected chi connectivity index (χ0v) is 10.1. The van der Waals surface area contributed by atoms with Crippen molar-refractivity contribution in [1.29, 1.82) is 0 Å². The van der Waals surface area contributed by atoms with Crippen LogP contribution in [0.2, 0.25) is 0 Å². The van der Waals surface area contributed by atoms with E-state index in [1.807, 2.05) is 6.07 Å². The van der Waals surface area contributed by atoms with Gasteiger partial charge in [0, 0.05) is 5.69 Å². The number of hydrogen-bond donors (Lipinski definition) is 0. The summed E-state index contributed by atoms with van der Waals surface area (Å²) in [5.74, 6) is 0.433. The van der Waals surface area contributed by atoms with Gasteiger partial charge in [-0.15, -0.1) is 0 Å². The first kappa shape index (κ1) is 11.4. The molecule has 1 heterocycles. The van der Waals surface area contributed by atoms with E-state index in [1.54, 1.807) is 0 Å². The van der Waals surface area contributed by atoms with E-state index >= 15 is 0 Å². The van der Waals surface area contributed by atoms with Gasteiger partial charge in [0.2, 0.25) is 0 Å². The van der Waals surface area contributed by atoms with Gasteiger partial charge >= 0.3 is 0 Å². The van der Waals surface area contributed by atoms with E-state index < -0.39 is 0 Å². The van der Waals surface area contributed by atoms with Gasteiger partial charge in [0.1, 0.15) is 5.69 Å². The molecular weight excluding hydrogens is 200 g/mol. The Morgan fingerprint density at radius 3 is 2.62 bits per heavy atom. The van der Waals surface area contributed by atoms with Crippen molar-refractivity contribution in [2.75, 3.05) is 0 Å². The van der Waals surface area contributed by atoms with Gasteiger partial charge in [0.15, 0.2) is 6.29 Å². The Morgan fingerprint density at radius 1 is 1.38 bits per heavy atom. The highest BCUT2D eigenvalue weighted by Gasteiger charge is 2.20. The van der Waals surface area contributed by atoms with Crippen LogP contribution < -0.4 is 0 Å². The minimum absolute atomic E-state index is 0.433. The molecule has 1 aromatic rings. The maximum atomic E-state index is 10.8. The molecule has 0 unspecified atom stereocenters. The van der Waals surface area contributed by atoms with Gasteiger partial charge in [-0.1, -0.05) is 33.1 Å². The van der Waals surface area contributed by atoms with Crippen molar-refractivity contribution >= 4 is 6.29 Å². The molecule has 0 N–H and O–H groups in total. The predicted molar refractivity (Wildman–Crippen MR) is 63.8 cm³/mol. The van der Waals surface area contributed by atoms with Gasteiger partial charge in [0.25, 0.3) is 0 Å². The Kier molecular flexibility index (Phi) is 3.42. The van der Waals surface area contributed by atoms with E-state index in [-0.39, 0.29) is 0 Å². The molecule has 1 aliphatic rings. The molecule has 0 bridgehead atoms. The van der Waals surface area contributed by atoms with E-state index in [9.17, 15) is 4.79 Å². The molecule has 2 rings (SSSR count). The lowest BCUT2D eigenvalue weighted by Gasteiger charge is -2.24. The second-order valence-electron chi connectivity index (χ2n) is 5.00. The number of carbonyl (C=O) groups excluding carboxylic acids is 1. The Balaban J connectivity index is 2.29. The number of carbonyl (C=O) groups is 1. The summed E-state index contributed by atoms with van der Waals surface area (Å²) >= 11 is 0. The van der Waals surface area contributed by atoms with Gasteiger partial charge in [-0.3, -0.25) is 9.48 Å². The summed E-state index contributed by atoms with van der Waals surface area (Å²) in [6.07, 6.45) is 7.19. The Hall–Kier alpha value is -1.12. The van der Waals surface area contributed by atoms with Crippen LogP contribution in [-0.4, -0.2) is 16.1 Å². The van der Waals surface area contributed by atoms with Gasteiger partial charge in [-0.2, -0.15) is 5.10 Å². The van der Waals surface area contributed by atoms with Crippen LogP contribution in [0.1, 0.15) is 74.1 Å². The van der Waals surface area contributed by atoms with E-state index in [4.69, 9.17) is 0 Å². The van der Waals surface area contributed by atoms with Crippen LogP contribution in [0.25, 0.3) is 0 Å². The molecule has 0 aliphatic heterocycles. The minimum atomic E-state index is 0.433. The second-order valence-corrected chi connectivity index (χ2v) is 5.00. The lowest BCUT2D eigenvalue weighted by Crippen LogP contribution is -2.17. The van der Waals surface area contributed by atoms with Crippen molar-refractivity contribution in [1.82, 2.24) is 9.78 Å². The molecule has 1 aromatic heterocycles. The summed E-state index contributed by atoms with van der Waals surface area (Å²) in [4.78, 5) is 10.8. The van der Waals surface area contributed by atoms with Crippen molar-refractivity contribution in [3.05, 3.63) is 17.5 Å². The standard InChI is InChI=1S/C13H20N2O/c1-10(2)13-8-11(9-16)14-15(13)12-6-4-3-5-7-12/h8-10,12H,3-7H2,1-2H3. The van der Waals surface area contributed by atoms with Gasteiger partial charge in [-0.05, 0) is 24.8 Å². The average molecular weight is 220 g/mol. The molecule has 16 heavy (non-hydrogen) atoms. The molecule has 0 spiro atoms. The summed E-state index contributed by atoms with van der Waals surface area (Å²) in [6, 6.07) is 2.45. The van der Waals surface area contributed by atoms with Crippen LogP contribution in [0, 0.1) is 0 Å². The van der Waals surface area contributed by atoms with Crippen molar-refractivity contribution < 1.29 is 4.79 Å². The molecule has 1 aliphatic carbocycles. The van der Waals surface area contributed by atoms with Crippen LogP contribution in [0.4, 0.5) is 0 Å². The topological polar surface area (TPSA) is 34.9 Å². The molecular formula is C13H20N2O. The molecule has 88 valence electrons. The molecule has 0 amide bonds. The second kappa shape index (κ2) is 4.81. The van der Waals surface area contributed by atoms with Crippen LogP contribution in [0.5, 0.6) is 0 Å².